The molecule has 2 atom stereocenters. The van der Waals surface area contributed by atoms with Crippen LogP contribution >= 0.6 is 11.3 Å². The molecule has 12 heteroatoms. The number of aromatic nitrogens is 3. The Balaban J connectivity index is 1.58. The van der Waals surface area contributed by atoms with E-state index in [9.17, 15) is 18.0 Å². The molecule has 35 heavy (non-hydrogen) atoms. The topological polar surface area (TPSA) is 86.2 Å². The number of nitrogens with zero attached hydrogens (tertiary/aromatic N) is 3. The molecule has 1 aliphatic heterocycles. The monoisotopic (exact) mass is 510 g/mol. The van der Waals surface area contributed by atoms with Crippen LogP contribution in [0.3, 0.4) is 0 Å². The number of benzene rings is 1. The van der Waals surface area contributed by atoms with Crippen molar-refractivity contribution in [2.45, 2.75) is 32.5 Å². The lowest BCUT2D eigenvalue weighted by molar-refractivity contribution is -0.145. The van der Waals surface area contributed by atoms with Crippen molar-refractivity contribution in [3.8, 4) is 16.3 Å². The summed E-state index contributed by atoms with van der Waals surface area (Å²) in [6, 6.07) is 2.03. The van der Waals surface area contributed by atoms with Crippen molar-refractivity contribution in [3.05, 3.63) is 58.4 Å². The number of rotatable bonds is 7. The smallest absolute Gasteiger partial charge is 0.451 e. The molecule has 0 radical (unpaired) electrons. The SMILES string of the molecule is Cc1cnc(-c2cc(OCC3CCOC3)cc(C(=O)N[C@H](C)c3cnc(C(F)(F)F)nc3)c2F)s1. The second kappa shape index (κ2) is 10.2. The third-order valence-electron chi connectivity index (χ3n) is 5.43. The molecule has 0 bridgehead atoms. The quantitative estimate of drug-likeness (QED) is 0.452. The predicted octanol–water partition coefficient (Wildman–Crippen LogP) is 4.97. The molecule has 186 valence electrons. The van der Waals surface area contributed by atoms with Crippen LogP contribution in [0, 0.1) is 18.7 Å². The molecule has 7 nitrogen and oxygen atoms in total. The fourth-order valence-corrected chi connectivity index (χ4v) is 4.25. The molecule has 0 aliphatic carbocycles. The molecule has 4 rings (SSSR count). The van der Waals surface area contributed by atoms with Crippen molar-refractivity contribution >= 4 is 17.2 Å². The van der Waals surface area contributed by atoms with Crippen LogP contribution in [-0.2, 0) is 10.9 Å². The summed E-state index contributed by atoms with van der Waals surface area (Å²) in [5.41, 5.74) is 0.0859. The van der Waals surface area contributed by atoms with E-state index in [1.807, 2.05) is 6.92 Å². The van der Waals surface area contributed by atoms with E-state index in [2.05, 4.69) is 20.3 Å². The Kier molecular flexibility index (Phi) is 7.31. The lowest BCUT2D eigenvalue weighted by atomic mass is 10.1. The van der Waals surface area contributed by atoms with Crippen molar-refractivity contribution in [2.75, 3.05) is 19.8 Å². The summed E-state index contributed by atoms with van der Waals surface area (Å²) in [5.74, 6) is -2.32. The van der Waals surface area contributed by atoms with Gasteiger partial charge in [-0.2, -0.15) is 13.2 Å². The lowest BCUT2D eigenvalue weighted by Gasteiger charge is -2.17. The molecular formula is C23H22F4N4O3S. The molecule has 1 saturated heterocycles. The Hall–Kier alpha value is -3.12. The van der Waals surface area contributed by atoms with Crippen LogP contribution in [0.2, 0.25) is 0 Å². The van der Waals surface area contributed by atoms with Crippen molar-refractivity contribution < 1.29 is 31.8 Å². The van der Waals surface area contributed by atoms with E-state index in [4.69, 9.17) is 9.47 Å². The predicted molar refractivity (Wildman–Crippen MR) is 120 cm³/mol. The van der Waals surface area contributed by atoms with Gasteiger partial charge in [-0.05, 0) is 32.4 Å². The van der Waals surface area contributed by atoms with Gasteiger partial charge >= 0.3 is 6.18 Å². The van der Waals surface area contributed by atoms with Crippen molar-refractivity contribution in [3.63, 3.8) is 0 Å². The summed E-state index contributed by atoms with van der Waals surface area (Å²) in [6.45, 7) is 4.94. The zero-order valence-electron chi connectivity index (χ0n) is 18.9. The van der Waals surface area contributed by atoms with Crippen molar-refractivity contribution in [1.82, 2.24) is 20.3 Å². The number of aryl methyl sites for hydroxylation is 1. The van der Waals surface area contributed by atoms with E-state index in [-0.39, 0.29) is 22.6 Å². The number of hydrogen-bond acceptors (Lipinski definition) is 7. The Morgan fingerprint density at radius 3 is 2.60 bits per heavy atom. The third-order valence-corrected chi connectivity index (χ3v) is 6.37. The van der Waals surface area contributed by atoms with Crippen LogP contribution in [0.25, 0.3) is 10.6 Å². The minimum atomic E-state index is -4.68. The van der Waals surface area contributed by atoms with Gasteiger partial charge in [0.2, 0.25) is 5.82 Å². The highest BCUT2D eigenvalue weighted by molar-refractivity contribution is 7.14. The molecule has 3 heterocycles. The number of thiazole rings is 1. The first-order chi connectivity index (χ1) is 16.6. The average Bonchev–Trinajstić information content (AvgIpc) is 3.49. The van der Waals surface area contributed by atoms with Gasteiger partial charge in [-0.25, -0.2) is 19.3 Å². The average molecular weight is 511 g/mol. The minimum Gasteiger partial charge on any atom is -0.493 e. The normalized spacial score (nSPS) is 16.8. The van der Waals surface area contributed by atoms with Gasteiger partial charge in [-0.15, -0.1) is 11.3 Å². The number of nitrogens with one attached hydrogen (secondary N) is 1. The van der Waals surface area contributed by atoms with Gasteiger partial charge in [-0.1, -0.05) is 0 Å². The van der Waals surface area contributed by atoms with E-state index in [0.29, 0.717) is 30.6 Å². The molecule has 1 aliphatic rings. The number of hydrogen-bond donors (Lipinski definition) is 1. The van der Waals surface area contributed by atoms with Gasteiger partial charge in [0.05, 0.1) is 30.4 Å². The highest BCUT2D eigenvalue weighted by Crippen LogP contribution is 2.33. The number of alkyl halides is 3. The number of ether oxygens (including phenoxy) is 2. The number of carbonyl (C=O) groups is 1. The van der Waals surface area contributed by atoms with E-state index in [1.165, 1.54) is 30.4 Å². The minimum absolute atomic E-state index is 0.124. The maximum absolute atomic E-state index is 15.5. The van der Waals surface area contributed by atoms with Gasteiger partial charge in [-0.3, -0.25) is 4.79 Å². The van der Waals surface area contributed by atoms with Gasteiger partial charge in [0.1, 0.15) is 16.6 Å². The molecule has 2 aromatic heterocycles. The van der Waals surface area contributed by atoms with Crippen LogP contribution in [0.1, 0.15) is 46.0 Å². The summed E-state index contributed by atoms with van der Waals surface area (Å²) < 4.78 is 64.8. The summed E-state index contributed by atoms with van der Waals surface area (Å²) in [4.78, 5) is 24.7. The van der Waals surface area contributed by atoms with Gasteiger partial charge < -0.3 is 14.8 Å². The summed E-state index contributed by atoms with van der Waals surface area (Å²) in [7, 11) is 0. The molecule has 3 aromatic rings. The molecule has 0 saturated carbocycles. The number of amides is 1. The molecule has 0 spiro atoms. The molecule has 1 unspecified atom stereocenters. The standard InChI is InChI=1S/C23H22F4N4O3S/c1-12-7-28-21(35-12)18-6-16(34-11-14-3-4-33-10-14)5-17(19(18)24)20(32)31-13(2)15-8-29-22(30-9-15)23(25,26)27/h5-9,13-14H,3-4,10-11H2,1-2H3,(H,31,32)/t13-,14?/m1/s1. The fraction of sp³-hybridized carbons (Fsp3) is 0.391. The van der Waals surface area contributed by atoms with E-state index >= 15 is 4.39 Å². The zero-order chi connectivity index (χ0) is 25.2. The molecule has 1 N–H and O–H groups in total. The number of halogens is 4. The third kappa shape index (κ3) is 5.93. The van der Waals surface area contributed by atoms with Crippen LogP contribution in [0.5, 0.6) is 5.75 Å². The Bertz CT molecular complexity index is 1190. The van der Waals surface area contributed by atoms with E-state index in [0.717, 1.165) is 23.7 Å². The first-order valence-corrected chi connectivity index (χ1v) is 11.6. The van der Waals surface area contributed by atoms with Crippen LogP contribution in [0.4, 0.5) is 17.6 Å². The largest absolute Gasteiger partial charge is 0.493 e. The van der Waals surface area contributed by atoms with Crippen LogP contribution in [0.15, 0.2) is 30.7 Å². The summed E-state index contributed by atoms with van der Waals surface area (Å²) >= 11 is 1.27. The fourth-order valence-electron chi connectivity index (χ4n) is 3.48. The van der Waals surface area contributed by atoms with E-state index in [1.54, 1.807) is 6.20 Å². The first-order valence-electron chi connectivity index (χ1n) is 10.8. The zero-order valence-corrected chi connectivity index (χ0v) is 19.7. The molecular weight excluding hydrogens is 488 g/mol. The highest BCUT2D eigenvalue weighted by Gasteiger charge is 2.34. The van der Waals surface area contributed by atoms with Crippen LogP contribution < -0.4 is 10.1 Å². The highest BCUT2D eigenvalue weighted by atomic mass is 32.1. The molecule has 1 fully saturated rings. The maximum atomic E-state index is 15.5. The second-order valence-corrected chi connectivity index (χ2v) is 9.42. The Morgan fingerprint density at radius 1 is 1.26 bits per heavy atom. The Morgan fingerprint density at radius 2 is 2.00 bits per heavy atom. The number of carbonyl (C=O) groups excluding carboxylic acids is 1. The van der Waals surface area contributed by atoms with E-state index < -0.39 is 29.8 Å². The summed E-state index contributed by atoms with van der Waals surface area (Å²) in [6.07, 6.45) is -0.271. The summed E-state index contributed by atoms with van der Waals surface area (Å²) in [5, 5.41) is 2.98. The lowest BCUT2D eigenvalue weighted by Crippen LogP contribution is -2.28. The molecule has 1 aromatic carbocycles. The van der Waals surface area contributed by atoms with Crippen LogP contribution in [-0.4, -0.2) is 40.7 Å². The van der Waals surface area contributed by atoms with Crippen molar-refractivity contribution in [2.24, 2.45) is 5.92 Å². The van der Waals surface area contributed by atoms with Crippen molar-refractivity contribution in [1.29, 1.82) is 0 Å². The maximum Gasteiger partial charge on any atom is 0.451 e. The van der Waals surface area contributed by atoms with Gasteiger partial charge in [0.15, 0.2) is 0 Å². The van der Waals surface area contributed by atoms with Gasteiger partial charge in [0.25, 0.3) is 5.91 Å². The molecule has 1 amide bonds. The van der Waals surface area contributed by atoms with Gasteiger partial charge in [0, 0.05) is 41.6 Å². The Labute approximate surface area is 202 Å². The second-order valence-electron chi connectivity index (χ2n) is 8.18. The first kappa shape index (κ1) is 25.0.